The van der Waals surface area contributed by atoms with Gasteiger partial charge in [0.1, 0.15) is 18.2 Å². The number of thioether (sulfide) groups is 1. The normalized spacial score (nSPS) is 11.3. The molecule has 5 nitrogen and oxygen atoms in total. The number of halogens is 2. The maximum absolute atomic E-state index is 13.6. The number of benzene rings is 1. The zero-order valence-electron chi connectivity index (χ0n) is 14.2. The average Bonchev–Trinajstić information content (AvgIpc) is 2.54. The van der Waals surface area contributed by atoms with Crippen molar-refractivity contribution >= 4 is 23.6 Å². The van der Waals surface area contributed by atoms with E-state index in [1.165, 1.54) is 11.0 Å². The van der Waals surface area contributed by atoms with Gasteiger partial charge in [-0.1, -0.05) is 0 Å². The number of aliphatic imine (C=N–C) groups is 1. The molecule has 0 heterocycles. The Balaban J connectivity index is 2.58. The third-order valence-electron chi connectivity index (χ3n) is 3.16. The van der Waals surface area contributed by atoms with Gasteiger partial charge in [-0.2, -0.15) is 11.8 Å². The SMILES string of the molecule is CSCCNC(=NCC(=O)N(C)C)NCCc1cc(F)ccc1F. The van der Waals surface area contributed by atoms with Crippen LogP contribution in [0.15, 0.2) is 23.2 Å². The van der Waals surface area contributed by atoms with E-state index >= 15 is 0 Å². The van der Waals surface area contributed by atoms with Crippen molar-refractivity contribution in [3.8, 4) is 0 Å². The van der Waals surface area contributed by atoms with E-state index in [2.05, 4.69) is 15.6 Å². The molecule has 0 aromatic heterocycles. The van der Waals surface area contributed by atoms with Crippen LogP contribution >= 0.6 is 11.8 Å². The average molecular weight is 358 g/mol. The molecule has 134 valence electrons. The summed E-state index contributed by atoms with van der Waals surface area (Å²) in [5, 5.41) is 6.14. The number of hydrogen-bond donors (Lipinski definition) is 2. The number of guanidine groups is 1. The van der Waals surface area contributed by atoms with Crippen molar-refractivity contribution in [3.63, 3.8) is 0 Å². The van der Waals surface area contributed by atoms with Crippen LogP contribution in [0.4, 0.5) is 8.78 Å². The minimum absolute atomic E-state index is 0.0237. The Kier molecular flexibility index (Phi) is 9.14. The number of carbonyl (C=O) groups is 1. The number of nitrogens with one attached hydrogen (secondary N) is 2. The lowest BCUT2D eigenvalue weighted by atomic mass is 10.1. The van der Waals surface area contributed by atoms with E-state index in [1.54, 1.807) is 25.9 Å². The zero-order chi connectivity index (χ0) is 17.9. The van der Waals surface area contributed by atoms with E-state index < -0.39 is 11.6 Å². The second-order valence-corrected chi connectivity index (χ2v) is 6.27. The molecule has 0 spiro atoms. The molecule has 0 saturated carbocycles. The van der Waals surface area contributed by atoms with Crippen LogP contribution in [0.3, 0.4) is 0 Å². The van der Waals surface area contributed by atoms with Crippen molar-refractivity contribution in [1.82, 2.24) is 15.5 Å². The van der Waals surface area contributed by atoms with Gasteiger partial charge in [0.05, 0.1) is 0 Å². The lowest BCUT2D eigenvalue weighted by molar-refractivity contribution is -0.127. The van der Waals surface area contributed by atoms with Crippen LogP contribution in [-0.2, 0) is 11.2 Å². The molecule has 0 unspecified atom stereocenters. The Bertz CT molecular complexity index is 567. The highest BCUT2D eigenvalue weighted by atomic mass is 32.2. The second-order valence-electron chi connectivity index (χ2n) is 5.29. The first-order valence-electron chi connectivity index (χ1n) is 7.59. The predicted octanol–water partition coefficient (Wildman–Crippen LogP) is 1.49. The molecule has 0 atom stereocenters. The molecular weight excluding hydrogens is 334 g/mol. The highest BCUT2D eigenvalue weighted by Crippen LogP contribution is 2.09. The smallest absolute Gasteiger partial charge is 0.243 e. The molecule has 1 aromatic rings. The van der Waals surface area contributed by atoms with Crippen molar-refractivity contribution in [2.45, 2.75) is 6.42 Å². The highest BCUT2D eigenvalue weighted by Gasteiger charge is 2.06. The van der Waals surface area contributed by atoms with Gasteiger partial charge in [0.25, 0.3) is 0 Å². The molecule has 0 aliphatic rings. The molecular formula is C16H24F2N4OS. The van der Waals surface area contributed by atoms with Crippen LogP contribution in [0.5, 0.6) is 0 Å². The lowest BCUT2D eigenvalue weighted by Crippen LogP contribution is -2.40. The standard InChI is InChI=1S/C16H24F2N4OS/c1-22(2)15(23)11-21-16(20-8-9-24-3)19-7-6-12-10-13(17)4-5-14(12)18/h4-5,10H,6-9,11H2,1-3H3,(H2,19,20,21). The zero-order valence-corrected chi connectivity index (χ0v) is 15.1. The summed E-state index contributed by atoms with van der Waals surface area (Å²) < 4.78 is 26.7. The molecule has 0 saturated heterocycles. The van der Waals surface area contributed by atoms with E-state index in [1.807, 2.05) is 6.26 Å². The second kappa shape index (κ2) is 10.9. The molecule has 1 amide bonds. The molecule has 8 heteroatoms. The summed E-state index contributed by atoms with van der Waals surface area (Å²) in [6.45, 7) is 1.09. The van der Waals surface area contributed by atoms with Gasteiger partial charge in [-0.25, -0.2) is 13.8 Å². The predicted molar refractivity (Wildman–Crippen MR) is 95.4 cm³/mol. The minimum atomic E-state index is -0.463. The van der Waals surface area contributed by atoms with Crippen molar-refractivity contribution in [1.29, 1.82) is 0 Å². The molecule has 2 N–H and O–H groups in total. The van der Waals surface area contributed by atoms with Crippen molar-refractivity contribution < 1.29 is 13.6 Å². The Labute approximate surface area is 145 Å². The van der Waals surface area contributed by atoms with Crippen LogP contribution < -0.4 is 10.6 Å². The van der Waals surface area contributed by atoms with Gasteiger partial charge < -0.3 is 15.5 Å². The van der Waals surface area contributed by atoms with E-state index in [0.717, 1.165) is 17.9 Å². The fourth-order valence-corrected chi connectivity index (χ4v) is 2.09. The summed E-state index contributed by atoms with van der Waals surface area (Å²) in [6, 6.07) is 3.40. The Hall–Kier alpha value is -1.83. The van der Waals surface area contributed by atoms with Gasteiger partial charge >= 0.3 is 0 Å². The van der Waals surface area contributed by atoms with Crippen LogP contribution in [0, 0.1) is 11.6 Å². The van der Waals surface area contributed by atoms with Crippen LogP contribution in [0.1, 0.15) is 5.56 Å². The fraction of sp³-hybridized carbons (Fsp3) is 0.500. The first-order valence-corrected chi connectivity index (χ1v) is 8.98. The molecule has 0 radical (unpaired) electrons. The first-order chi connectivity index (χ1) is 11.4. The fourth-order valence-electron chi connectivity index (χ4n) is 1.78. The molecule has 24 heavy (non-hydrogen) atoms. The third-order valence-corrected chi connectivity index (χ3v) is 3.78. The summed E-state index contributed by atoms with van der Waals surface area (Å²) in [7, 11) is 3.33. The first kappa shape index (κ1) is 20.2. The van der Waals surface area contributed by atoms with E-state index in [4.69, 9.17) is 0 Å². The van der Waals surface area contributed by atoms with Crippen LogP contribution in [0.25, 0.3) is 0 Å². The van der Waals surface area contributed by atoms with Gasteiger partial charge in [-0.15, -0.1) is 0 Å². The third kappa shape index (κ3) is 7.63. The van der Waals surface area contributed by atoms with E-state index in [-0.39, 0.29) is 12.5 Å². The molecule has 0 bridgehead atoms. The summed E-state index contributed by atoms with van der Waals surface area (Å²) in [5.74, 6) is 0.360. The van der Waals surface area contributed by atoms with Crippen LogP contribution in [0.2, 0.25) is 0 Å². The maximum Gasteiger partial charge on any atom is 0.243 e. The molecule has 0 aliphatic heterocycles. The molecule has 1 aromatic carbocycles. The molecule has 1 rings (SSSR count). The topological polar surface area (TPSA) is 56.7 Å². The summed E-state index contributed by atoms with van der Waals surface area (Å²) in [6.07, 6.45) is 2.31. The number of carbonyl (C=O) groups excluding carboxylic acids is 1. The van der Waals surface area contributed by atoms with Crippen molar-refractivity contribution in [3.05, 3.63) is 35.4 Å². The van der Waals surface area contributed by atoms with Crippen molar-refractivity contribution in [2.24, 2.45) is 4.99 Å². The number of rotatable bonds is 8. The van der Waals surface area contributed by atoms with Crippen LogP contribution in [-0.4, -0.2) is 62.5 Å². The van der Waals surface area contributed by atoms with Gasteiger partial charge in [0, 0.05) is 32.9 Å². The monoisotopic (exact) mass is 358 g/mol. The molecule has 0 fully saturated rings. The number of nitrogens with zero attached hydrogens (tertiary/aromatic N) is 2. The van der Waals surface area contributed by atoms with Crippen molar-refractivity contribution in [2.75, 3.05) is 45.7 Å². The summed E-state index contributed by atoms with van der Waals surface area (Å²) in [4.78, 5) is 17.3. The number of amides is 1. The minimum Gasteiger partial charge on any atom is -0.356 e. The molecule has 0 aliphatic carbocycles. The Morgan fingerprint density at radius 3 is 2.62 bits per heavy atom. The maximum atomic E-state index is 13.6. The lowest BCUT2D eigenvalue weighted by Gasteiger charge is -2.13. The highest BCUT2D eigenvalue weighted by molar-refractivity contribution is 7.98. The summed E-state index contributed by atoms with van der Waals surface area (Å²) >= 11 is 1.69. The largest absolute Gasteiger partial charge is 0.356 e. The van der Waals surface area contributed by atoms with E-state index in [9.17, 15) is 13.6 Å². The van der Waals surface area contributed by atoms with Gasteiger partial charge in [-0.05, 0) is 36.4 Å². The quantitative estimate of drug-likeness (QED) is 0.420. The number of likely N-dealkylation sites (N-methyl/N-ethyl adjacent to an activating group) is 1. The van der Waals surface area contributed by atoms with Gasteiger partial charge in [-0.3, -0.25) is 4.79 Å². The van der Waals surface area contributed by atoms with Gasteiger partial charge in [0.2, 0.25) is 5.91 Å². The Morgan fingerprint density at radius 2 is 1.96 bits per heavy atom. The summed E-state index contributed by atoms with van der Waals surface area (Å²) in [5.41, 5.74) is 0.301. The number of hydrogen-bond acceptors (Lipinski definition) is 3. The van der Waals surface area contributed by atoms with Gasteiger partial charge in [0.15, 0.2) is 5.96 Å². The Morgan fingerprint density at radius 1 is 1.25 bits per heavy atom. The van der Waals surface area contributed by atoms with E-state index in [0.29, 0.717) is 31.0 Å².